The first-order chi connectivity index (χ1) is 8.59. The molecule has 1 heterocycles. The quantitative estimate of drug-likeness (QED) is 0.687. The summed E-state index contributed by atoms with van der Waals surface area (Å²) in [6, 6.07) is 4.16. The van der Waals surface area contributed by atoms with E-state index in [2.05, 4.69) is 0 Å². The summed E-state index contributed by atoms with van der Waals surface area (Å²) in [5.74, 6) is 0.205. The van der Waals surface area contributed by atoms with E-state index in [0.29, 0.717) is 23.8 Å². The van der Waals surface area contributed by atoms with Gasteiger partial charge in [-0.05, 0) is 30.9 Å². The van der Waals surface area contributed by atoms with Gasteiger partial charge in [0.1, 0.15) is 0 Å². The Kier molecular flexibility index (Phi) is 6.00. The van der Waals surface area contributed by atoms with Gasteiger partial charge >= 0.3 is 0 Å². The molecule has 1 aromatic carbocycles. The number of nitrogens with zero attached hydrogens (tertiary/aromatic N) is 1. The van der Waals surface area contributed by atoms with Crippen molar-refractivity contribution in [3.63, 3.8) is 0 Å². The Morgan fingerprint density at radius 1 is 1.42 bits per heavy atom. The molecule has 0 aliphatic carbocycles. The largest absolute Gasteiger partial charge is 0.381 e. The SMILES string of the molecule is Cl.N[C@@H](c1cc(Cl)ccc1[N+](=O)[O-])C1CCOCC1. The molecule has 19 heavy (non-hydrogen) atoms. The summed E-state index contributed by atoms with van der Waals surface area (Å²) in [5.41, 5.74) is 6.71. The predicted molar refractivity (Wildman–Crippen MR) is 75.8 cm³/mol. The predicted octanol–water partition coefficient (Wildman–Crippen LogP) is 3.10. The summed E-state index contributed by atoms with van der Waals surface area (Å²) in [6.45, 7) is 1.32. The number of benzene rings is 1. The van der Waals surface area contributed by atoms with Gasteiger partial charge in [0, 0.05) is 35.9 Å². The fourth-order valence-electron chi connectivity index (χ4n) is 2.29. The molecule has 106 valence electrons. The zero-order valence-electron chi connectivity index (χ0n) is 10.3. The number of hydrogen-bond donors (Lipinski definition) is 1. The van der Waals surface area contributed by atoms with Gasteiger partial charge in [0.2, 0.25) is 0 Å². The summed E-state index contributed by atoms with van der Waals surface area (Å²) in [6.07, 6.45) is 1.65. The average molecular weight is 307 g/mol. The van der Waals surface area contributed by atoms with Crippen molar-refractivity contribution < 1.29 is 9.66 Å². The number of hydrogen-bond acceptors (Lipinski definition) is 4. The molecule has 0 radical (unpaired) electrons. The van der Waals surface area contributed by atoms with Crippen molar-refractivity contribution in [2.24, 2.45) is 11.7 Å². The zero-order chi connectivity index (χ0) is 13.1. The summed E-state index contributed by atoms with van der Waals surface area (Å²) in [5, 5.41) is 11.5. The molecule has 0 amide bonds. The Bertz CT molecular complexity index is 451. The molecule has 7 heteroatoms. The molecule has 1 saturated heterocycles. The molecule has 1 aliphatic heterocycles. The number of nitro groups is 1. The Balaban J connectivity index is 0.00000180. The van der Waals surface area contributed by atoms with E-state index in [1.54, 1.807) is 6.07 Å². The van der Waals surface area contributed by atoms with Gasteiger partial charge in [0.25, 0.3) is 5.69 Å². The van der Waals surface area contributed by atoms with E-state index in [-0.39, 0.29) is 30.1 Å². The molecule has 5 nitrogen and oxygen atoms in total. The minimum absolute atomic E-state index is 0. The molecule has 0 unspecified atom stereocenters. The van der Waals surface area contributed by atoms with E-state index < -0.39 is 4.92 Å². The second-order valence-electron chi connectivity index (χ2n) is 4.44. The molecular formula is C12H16Cl2N2O3. The highest BCUT2D eigenvalue weighted by Crippen LogP contribution is 2.34. The van der Waals surface area contributed by atoms with E-state index in [0.717, 1.165) is 12.8 Å². The van der Waals surface area contributed by atoms with E-state index in [9.17, 15) is 10.1 Å². The summed E-state index contributed by atoms with van der Waals surface area (Å²) in [4.78, 5) is 10.6. The van der Waals surface area contributed by atoms with Gasteiger partial charge in [-0.1, -0.05) is 11.6 Å². The van der Waals surface area contributed by atoms with Crippen molar-refractivity contribution in [3.8, 4) is 0 Å². The molecule has 1 fully saturated rings. The van der Waals surface area contributed by atoms with Crippen LogP contribution in [0, 0.1) is 16.0 Å². The van der Waals surface area contributed by atoms with Gasteiger partial charge < -0.3 is 10.5 Å². The smallest absolute Gasteiger partial charge is 0.274 e. The Hall–Kier alpha value is -0.880. The van der Waals surface area contributed by atoms with Crippen molar-refractivity contribution >= 4 is 29.7 Å². The van der Waals surface area contributed by atoms with Crippen molar-refractivity contribution in [2.75, 3.05) is 13.2 Å². The van der Waals surface area contributed by atoms with Gasteiger partial charge in [0.15, 0.2) is 0 Å². The fourth-order valence-corrected chi connectivity index (χ4v) is 2.47. The van der Waals surface area contributed by atoms with E-state index in [4.69, 9.17) is 22.1 Å². The van der Waals surface area contributed by atoms with Gasteiger partial charge in [-0.15, -0.1) is 12.4 Å². The average Bonchev–Trinajstić information content (AvgIpc) is 2.38. The highest BCUT2D eigenvalue weighted by atomic mass is 35.5. The van der Waals surface area contributed by atoms with Gasteiger partial charge in [-0.3, -0.25) is 10.1 Å². The minimum Gasteiger partial charge on any atom is -0.381 e. The normalized spacial score (nSPS) is 17.6. The molecular weight excluding hydrogens is 291 g/mol. The van der Waals surface area contributed by atoms with Crippen LogP contribution in [0.5, 0.6) is 0 Å². The summed E-state index contributed by atoms with van der Waals surface area (Å²) < 4.78 is 5.27. The van der Waals surface area contributed by atoms with Crippen LogP contribution in [0.25, 0.3) is 0 Å². The summed E-state index contributed by atoms with van der Waals surface area (Å²) >= 11 is 5.90. The van der Waals surface area contributed by atoms with Crippen LogP contribution in [0.2, 0.25) is 5.02 Å². The Morgan fingerprint density at radius 3 is 2.63 bits per heavy atom. The molecule has 0 aromatic heterocycles. The van der Waals surface area contributed by atoms with E-state index in [1.165, 1.54) is 12.1 Å². The molecule has 0 saturated carbocycles. The van der Waals surface area contributed by atoms with Gasteiger partial charge in [-0.25, -0.2) is 0 Å². The fraction of sp³-hybridized carbons (Fsp3) is 0.500. The third-order valence-corrected chi connectivity index (χ3v) is 3.55. The van der Waals surface area contributed by atoms with Crippen LogP contribution in [0.1, 0.15) is 24.4 Å². The lowest BCUT2D eigenvalue weighted by atomic mass is 9.87. The molecule has 1 aromatic rings. The number of halogens is 2. The third kappa shape index (κ3) is 3.79. The minimum atomic E-state index is -0.412. The first-order valence-electron chi connectivity index (χ1n) is 5.86. The Morgan fingerprint density at radius 2 is 2.05 bits per heavy atom. The first kappa shape index (κ1) is 16.2. The van der Waals surface area contributed by atoms with Crippen molar-refractivity contribution in [1.29, 1.82) is 0 Å². The maximum absolute atomic E-state index is 11.0. The van der Waals surface area contributed by atoms with Crippen LogP contribution in [0.3, 0.4) is 0 Å². The highest BCUT2D eigenvalue weighted by molar-refractivity contribution is 6.30. The van der Waals surface area contributed by atoms with Gasteiger partial charge in [0.05, 0.1) is 4.92 Å². The summed E-state index contributed by atoms with van der Waals surface area (Å²) in [7, 11) is 0. The molecule has 1 atom stereocenters. The van der Waals surface area contributed by atoms with Crippen LogP contribution < -0.4 is 5.73 Å². The van der Waals surface area contributed by atoms with E-state index in [1.807, 2.05) is 0 Å². The lowest BCUT2D eigenvalue weighted by molar-refractivity contribution is -0.385. The zero-order valence-corrected chi connectivity index (χ0v) is 11.8. The number of nitro benzene ring substituents is 1. The van der Waals surface area contributed by atoms with Crippen molar-refractivity contribution in [1.82, 2.24) is 0 Å². The van der Waals surface area contributed by atoms with Crippen molar-refractivity contribution in [3.05, 3.63) is 38.9 Å². The van der Waals surface area contributed by atoms with Crippen LogP contribution in [-0.2, 0) is 4.74 Å². The van der Waals surface area contributed by atoms with Crippen molar-refractivity contribution in [2.45, 2.75) is 18.9 Å². The highest BCUT2D eigenvalue weighted by Gasteiger charge is 2.27. The molecule has 0 bridgehead atoms. The number of ether oxygens (including phenoxy) is 1. The van der Waals surface area contributed by atoms with Crippen LogP contribution in [0.15, 0.2) is 18.2 Å². The van der Waals surface area contributed by atoms with Crippen LogP contribution >= 0.6 is 24.0 Å². The molecule has 2 N–H and O–H groups in total. The lowest BCUT2D eigenvalue weighted by Gasteiger charge is -2.27. The number of rotatable bonds is 3. The van der Waals surface area contributed by atoms with E-state index >= 15 is 0 Å². The third-order valence-electron chi connectivity index (χ3n) is 3.32. The number of nitrogens with two attached hydrogens (primary N) is 1. The Labute approximate surface area is 122 Å². The second-order valence-corrected chi connectivity index (χ2v) is 4.87. The standard InChI is InChI=1S/C12H15ClN2O3.ClH/c13-9-1-2-11(15(16)17)10(7-9)12(14)8-3-5-18-6-4-8;/h1-2,7-8,12H,3-6,14H2;1H/t12-;/m1./s1. The maximum atomic E-state index is 11.0. The molecule has 0 spiro atoms. The van der Waals surface area contributed by atoms with Gasteiger partial charge in [-0.2, -0.15) is 0 Å². The maximum Gasteiger partial charge on any atom is 0.274 e. The lowest BCUT2D eigenvalue weighted by Crippen LogP contribution is -2.28. The van der Waals surface area contributed by atoms with Crippen LogP contribution in [0.4, 0.5) is 5.69 Å². The first-order valence-corrected chi connectivity index (χ1v) is 6.24. The monoisotopic (exact) mass is 306 g/mol. The molecule has 1 aliphatic rings. The topological polar surface area (TPSA) is 78.4 Å². The van der Waals surface area contributed by atoms with Crippen LogP contribution in [-0.4, -0.2) is 18.1 Å². The second kappa shape index (κ2) is 7.05. The molecule has 2 rings (SSSR count).